The normalized spacial score (nSPS) is 11.3. The van der Waals surface area contributed by atoms with E-state index in [2.05, 4.69) is 21.5 Å². The van der Waals surface area contributed by atoms with E-state index in [4.69, 9.17) is 0 Å². The molecule has 2 aromatic rings. The summed E-state index contributed by atoms with van der Waals surface area (Å²) < 4.78 is 25.5. The van der Waals surface area contributed by atoms with Gasteiger partial charge < -0.3 is 5.32 Å². The predicted molar refractivity (Wildman–Crippen MR) is 95.5 cm³/mol. The standard InChI is InChI=1S/C15H18N2O3S3/c1-16-23(19,20)14-6-4-12(5-7-14)15(18)17-8-10-21-11-13-3-2-9-22-13/h2-7,9,16H,8,10-11H2,1H3,(H,17,18). The predicted octanol–water partition coefficient (Wildman–Crippen LogP) is 2.32. The molecule has 124 valence electrons. The van der Waals surface area contributed by atoms with Crippen LogP contribution in [0.5, 0.6) is 0 Å². The molecule has 0 unspecified atom stereocenters. The Labute approximate surface area is 144 Å². The van der Waals surface area contributed by atoms with Crippen molar-refractivity contribution in [3.63, 3.8) is 0 Å². The summed E-state index contributed by atoms with van der Waals surface area (Å²) in [5.74, 6) is 1.58. The molecule has 0 radical (unpaired) electrons. The number of sulfonamides is 1. The van der Waals surface area contributed by atoms with Crippen LogP contribution in [0.2, 0.25) is 0 Å². The van der Waals surface area contributed by atoms with Crippen LogP contribution in [0.15, 0.2) is 46.7 Å². The minimum atomic E-state index is -3.47. The van der Waals surface area contributed by atoms with Crippen LogP contribution in [0.4, 0.5) is 0 Å². The van der Waals surface area contributed by atoms with Crippen molar-refractivity contribution in [2.75, 3.05) is 19.3 Å². The summed E-state index contributed by atoms with van der Waals surface area (Å²) in [6, 6.07) is 9.99. The zero-order valence-electron chi connectivity index (χ0n) is 12.6. The largest absolute Gasteiger partial charge is 0.351 e. The number of thiophene rings is 1. The van der Waals surface area contributed by atoms with Gasteiger partial charge in [0.15, 0.2) is 0 Å². The zero-order valence-corrected chi connectivity index (χ0v) is 15.1. The lowest BCUT2D eigenvalue weighted by molar-refractivity contribution is 0.0956. The van der Waals surface area contributed by atoms with E-state index in [1.165, 1.54) is 36.2 Å². The highest BCUT2D eigenvalue weighted by Gasteiger charge is 2.12. The third kappa shape index (κ3) is 5.35. The fraction of sp³-hybridized carbons (Fsp3) is 0.267. The first-order chi connectivity index (χ1) is 11.0. The Morgan fingerprint density at radius 3 is 2.57 bits per heavy atom. The number of nitrogens with one attached hydrogen (secondary N) is 2. The number of thioether (sulfide) groups is 1. The van der Waals surface area contributed by atoms with E-state index >= 15 is 0 Å². The second-order valence-electron chi connectivity index (χ2n) is 4.62. The van der Waals surface area contributed by atoms with Crippen LogP contribution in [-0.2, 0) is 15.8 Å². The second-order valence-corrected chi connectivity index (χ2v) is 8.64. The third-order valence-corrected chi connectivity index (χ3v) is 6.55. The van der Waals surface area contributed by atoms with Crippen molar-refractivity contribution in [3.8, 4) is 0 Å². The number of hydrogen-bond donors (Lipinski definition) is 2. The van der Waals surface area contributed by atoms with Crippen LogP contribution in [-0.4, -0.2) is 33.7 Å². The smallest absolute Gasteiger partial charge is 0.251 e. The van der Waals surface area contributed by atoms with Gasteiger partial charge in [0, 0.05) is 28.5 Å². The minimum absolute atomic E-state index is 0.142. The summed E-state index contributed by atoms with van der Waals surface area (Å²) in [6.07, 6.45) is 0. The first kappa shape index (κ1) is 18.0. The molecule has 0 saturated carbocycles. The molecule has 5 nitrogen and oxygen atoms in total. The van der Waals surface area contributed by atoms with Gasteiger partial charge in [-0.05, 0) is 42.8 Å². The topological polar surface area (TPSA) is 75.3 Å². The summed E-state index contributed by atoms with van der Waals surface area (Å²) in [5, 5.41) is 4.88. The van der Waals surface area contributed by atoms with Gasteiger partial charge in [-0.1, -0.05) is 6.07 Å². The van der Waals surface area contributed by atoms with E-state index < -0.39 is 10.0 Å². The molecular formula is C15H18N2O3S3. The molecule has 0 fully saturated rings. The van der Waals surface area contributed by atoms with Crippen LogP contribution >= 0.6 is 23.1 Å². The number of carbonyl (C=O) groups excluding carboxylic acids is 1. The number of rotatable bonds is 8. The van der Waals surface area contributed by atoms with Crippen molar-refractivity contribution < 1.29 is 13.2 Å². The number of benzene rings is 1. The van der Waals surface area contributed by atoms with Crippen LogP contribution in [0.3, 0.4) is 0 Å². The van der Waals surface area contributed by atoms with Gasteiger partial charge in [0.25, 0.3) is 5.91 Å². The van der Waals surface area contributed by atoms with Crippen molar-refractivity contribution in [3.05, 3.63) is 52.2 Å². The van der Waals surface area contributed by atoms with Crippen LogP contribution in [0.1, 0.15) is 15.2 Å². The second kappa shape index (κ2) is 8.49. The molecule has 0 aliphatic carbocycles. The highest BCUT2D eigenvalue weighted by Crippen LogP contribution is 2.16. The maximum Gasteiger partial charge on any atom is 0.251 e. The van der Waals surface area contributed by atoms with Crippen molar-refractivity contribution >= 4 is 39.0 Å². The number of carbonyl (C=O) groups is 1. The van der Waals surface area contributed by atoms with Gasteiger partial charge in [-0.25, -0.2) is 13.1 Å². The van der Waals surface area contributed by atoms with E-state index in [1.807, 2.05) is 6.07 Å². The fourth-order valence-electron chi connectivity index (χ4n) is 1.81. The molecule has 0 saturated heterocycles. The van der Waals surface area contributed by atoms with Gasteiger partial charge in [0.1, 0.15) is 0 Å². The van der Waals surface area contributed by atoms with Crippen molar-refractivity contribution in [2.45, 2.75) is 10.6 Å². The van der Waals surface area contributed by atoms with Gasteiger partial charge in [-0.15, -0.1) is 11.3 Å². The summed E-state index contributed by atoms with van der Waals surface area (Å²) in [5.41, 5.74) is 0.448. The highest BCUT2D eigenvalue weighted by atomic mass is 32.2. The van der Waals surface area contributed by atoms with Crippen molar-refractivity contribution in [1.29, 1.82) is 0 Å². The molecule has 2 rings (SSSR count). The molecule has 0 spiro atoms. The maximum atomic E-state index is 12.0. The first-order valence-corrected chi connectivity index (χ1v) is 10.5. The molecule has 8 heteroatoms. The van der Waals surface area contributed by atoms with Gasteiger partial charge in [0.05, 0.1) is 4.90 Å². The lowest BCUT2D eigenvalue weighted by Gasteiger charge is -2.06. The van der Waals surface area contributed by atoms with Crippen LogP contribution in [0.25, 0.3) is 0 Å². The van der Waals surface area contributed by atoms with E-state index in [1.54, 1.807) is 23.1 Å². The van der Waals surface area contributed by atoms with Crippen LogP contribution in [0, 0.1) is 0 Å². The average molecular weight is 371 g/mol. The average Bonchev–Trinajstić information content (AvgIpc) is 3.08. The Hall–Kier alpha value is -1.35. The van der Waals surface area contributed by atoms with Gasteiger partial charge in [0.2, 0.25) is 10.0 Å². The number of hydrogen-bond acceptors (Lipinski definition) is 5. The minimum Gasteiger partial charge on any atom is -0.351 e. The summed E-state index contributed by atoms with van der Waals surface area (Å²) in [6.45, 7) is 0.575. The molecule has 1 amide bonds. The van der Waals surface area contributed by atoms with Crippen LogP contribution < -0.4 is 10.0 Å². The molecule has 2 N–H and O–H groups in total. The Balaban J connectivity index is 1.77. The van der Waals surface area contributed by atoms with E-state index in [0.717, 1.165) is 11.5 Å². The Morgan fingerprint density at radius 2 is 1.96 bits per heavy atom. The molecule has 23 heavy (non-hydrogen) atoms. The van der Waals surface area contributed by atoms with E-state index in [0.29, 0.717) is 12.1 Å². The molecule has 0 atom stereocenters. The number of amides is 1. The van der Waals surface area contributed by atoms with Crippen molar-refractivity contribution in [2.24, 2.45) is 0 Å². The maximum absolute atomic E-state index is 12.0. The fourth-order valence-corrected chi connectivity index (χ4v) is 4.24. The quantitative estimate of drug-likeness (QED) is 0.699. The van der Waals surface area contributed by atoms with Gasteiger partial charge in [-0.2, -0.15) is 11.8 Å². The van der Waals surface area contributed by atoms with Gasteiger partial charge >= 0.3 is 0 Å². The monoisotopic (exact) mass is 370 g/mol. The molecular weight excluding hydrogens is 352 g/mol. The molecule has 1 heterocycles. The molecule has 0 aliphatic rings. The first-order valence-electron chi connectivity index (χ1n) is 6.95. The Morgan fingerprint density at radius 1 is 1.22 bits per heavy atom. The Kier molecular flexibility index (Phi) is 6.64. The summed E-state index contributed by atoms with van der Waals surface area (Å²) in [7, 11) is -2.12. The third-order valence-electron chi connectivity index (χ3n) is 3.05. The molecule has 1 aromatic heterocycles. The van der Waals surface area contributed by atoms with E-state index in [9.17, 15) is 13.2 Å². The molecule has 1 aromatic carbocycles. The summed E-state index contributed by atoms with van der Waals surface area (Å²) in [4.78, 5) is 13.4. The van der Waals surface area contributed by atoms with Crippen molar-refractivity contribution in [1.82, 2.24) is 10.0 Å². The lowest BCUT2D eigenvalue weighted by atomic mass is 10.2. The SMILES string of the molecule is CNS(=O)(=O)c1ccc(C(=O)NCCSCc2cccs2)cc1. The lowest BCUT2D eigenvalue weighted by Crippen LogP contribution is -2.26. The zero-order chi connectivity index (χ0) is 16.7. The summed E-state index contributed by atoms with van der Waals surface area (Å²) >= 11 is 3.49. The molecule has 0 bridgehead atoms. The highest BCUT2D eigenvalue weighted by molar-refractivity contribution is 7.98. The molecule has 0 aliphatic heterocycles. The van der Waals surface area contributed by atoms with Gasteiger partial charge in [-0.3, -0.25) is 4.79 Å². The Bertz CT molecular complexity index is 726. The van der Waals surface area contributed by atoms with E-state index in [-0.39, 0.29) is 10.8 Å².